The smallest absolute Gasteiger partial charge is 0.388 e. The second-order valence-corrected chi connectivity index (χ2v) is 6.83. The molecule has 3 heterocycles. The summed E-state index contributed by atoms with van der Waals surface area (Å²) in [6, 6.07) is 4.83. The Bertz CT molecular complexity index is 941. The van der Waals surface area contributed by atoms with Gasteiger partial charge in [0.25, 0.3) is 0 Å². The van der Waals surface area contributed by atoms with E-state index in [9.17, 15) is 18.3 Å². The molecular weight excluding hydrogens is 359 g/mol. The molecule has 0 saturated carbocycles. The number of alkyl halides is 3. The van der Waals surface area contributed by atoms with Crippen LogP contribution in [0.15, 0.2) is 43.0 Å². The first-order valence-electron chi connectivity index (χ1n) is 8.12. The van der Waals surface area contributed by atoms with E-state index in [1.165, 1.54) is 30.9 Å². The average Bonchev–Trinajstić information content (AvgIpc) is 2.60. The molecule has 3 aromatic rings. The Morgan fingerprint density at radius 1 is 0.926 bits per heavy atom. The Morgan fingerprint density at radius 3 is 2.15 bits per heavy atom. The van der Waals surface area contributed by atoms with Gasteiger partial charge in [0.05, 0.1) is 17.3 Å². The Hall–Kier alpha value is -2.81. The Kier molecular flexibility index (Phi) is 4.51. The molecule has 3 rings (SSSR count). The zero-order valence-corrected chi connectivity index (χ0v) is 14.9. The van der Waals surface area contributed by atoms with Crippen molar-refractivity contribution in [3.05, 3.63) is 43.0 Å². The number of aliphatic hydroxyl groups is 1. The molecule has 1 unspecified atom stereocenters. The van der Waals surface area contributed by atoms with Crippen molar-refractivity contribution in [2.75, 3.05) is 5.32 Å². The highest BCUT2D eigenvalue weighted by Crippen LogP contribution is 2.41. The largest absolute Gasteiger partial charge is 0.414 e. The van der Waals surface area contributed by atoms with E-state index >= 15 is 0 Å². The lowest BCUT2D eigenvalue weighted by atomic mass is 9.83. The number of nitrogens with one attached hydrogen (secondary N) is 1. The fraction of sp³-hybridized carbons (Fsp3) is 0.333. The minimum atomic E-state index is -4.74. The Balaban J connectivity index is 2.21. The second-order valence-electron chi connectivity index (χ2n) is 6.83. The minimum Gasteiger partial charge on any atom is -0.388 e. The molecule has 0 aliphatic rings. The van der Waals surface area contributed by atoms with Gasteiger partial charge in [-0.15, -0.1) is 0 Å². The molecule has 27 heavy (non-hydrogen) atoms. The monoisotopic (exact) mass is 377 g/mol. The number of anilines is 1. The van der Waals surface area contributed by atoms with Crippen LogP contribution < -0.4 is 5.32 Å². The first-order chi connectivity index (χ1) is 12.5. The fourth-order valence-corrected chi connectivity index (χ4v) is 2.51. The van der Waals surface area contributed by atoms with Gasteiger partial charge < -0.3 is 10.4 Å². The molecule has 0 amide bonds. The van der Waals surface area contributed by atoms with Crippen molar-refractivity contribution in [1.29, 1.82) is 0 Å². The van der Waals surface area contributed by atoms with Crippen LogP contribution in [0.3, 0.4) is 0 Å². The van der Waals surface area contributed by atoms with Crippen LogP contribution in [0.25, 0.3) is 22.3 Å². The van der Waals surface area contributed by atoms with Gasteiger partial charge in [0, 0.05) is 29.5 Å². The van der Waals surface area contributed by atoms with Crippen LogP contribution in [0.4, 0.5) is 19.0 Å². The number of hydrogen-bond donors (Lipinski definition) is 2. The molecule has 0 aromatic carbocycles. The molecule has 2 N–H and O–H groups in total. The number of fused-ring (bicyclic) bond motifs is 1. The zero-order valence-electron chi connectivity index (χ0n) is 14.9. The predicted molar refractivity (Wildman–Crippen MR) is 94.9 cm³/mol. The van der Waals surface area contributed by atoms with E-state index in [0.29, 0.717) is 16.5 Å². The van der Waals surface area contributed by atoms with Gasteiger partial charge >= 0.3 is 6.18 Å². The van der Waals surface area contributed by atoms with Crippen LogP contribution in [0.5, 0.6) is 0 Å². The number of pyridine rings is 2. The van der Waals surface area contributed by atoms with Gasteiger partial charge in [-0.05, 0) is 39.0 Å². The molecule has 6 nitrogen and oxygen atoms in total. The SMILES string of the molecule is CC(C)(O)C(C)(Nc1nc(-c2ccncc2)nc2cnccc12)C(F)(F)F. The summed E-state index contributed by atoms with van der Waals surface area (Å²) < 4.78 is 41.5. The normalized spacial score (nSPS) is 14.8. The van der Waals surface area contributed by atoms with Gasteiger partial charge in [0.1, 0.15) is 5.82 Å². The molecule has 0 radical (unpaired) electrons. The van der Waals surface area contributed by atoms with Crippen LogP contribution in [0, 0.1) is 0 Å². The van der Waals surface area contributed by atoms with Gasteiger partial charge in [0.15, 0.2) is 11.4 Å². The maximum absolute atomic E-state index is 13.8. The van der Waals surface area contributed by atoms with Crippen molar-refractivity contribution in [3.63, 3.8) is 0 Å². The van der Waals surface area contributed by atoms with Crippen LogP contribution >= 0.6 is 0 Å². The molecular formula is C18H18F3N5O. The Morgan fingerprint density at radius 2 is 1.56 bits per heavy atom. The number of nitrogens with zero attached hydrogens (tertiary/aromatic N) is 4. The molecule has 0 saturated heterocycles. The molecule has 0 fully saturated rings. The summed E-state index contributed by atoms with van der Waals surface area (Å²) in [6.07, 6.45) is 1.22. The number of halogens is 3. The average molecular weight is 377 g/mol. The summed E-state index contributed by atoms with van der Waals surface area (Å²) in [6.45, 7) is 3.10. The molecule has 0 bridgehead atoms. The van der Waals surface area contributed by atoms with Crippen LogP contribution in [0.2, 0.25) is 0 Å². The number of aromatic nitrogens is 4. The quantitative estimate of drug-likeness (QED) is 0.723. The van der Waals surface area contributed by atoms with Crippen LogP contribution in [-0.2, 0) is 0 Å². The first-order valence-corrected chi connectivity index (χ1v) is 8.12. The third-order valence-corrected chi connectivity index (χ3v) is 4.60. The molecule has 0 aliphatic carbocycles. The van der Waals surface area contributed by atoms with E-state index in [0.717, 1.165) is 20.8 Å². The van der Waals surface area contributed by atoms with Crippen molar-refractivity contribution in [2.45, 2.75) is 38.1 Å². The minimum absolute atomic E-state index is 0.0452. The summed E-state index contributed by atoms with van der Waals surface area (Å²) in [5, 5.41) is 13.0. The maximum atomic E-state index is 13.8. The van der Waals surface area contributed by atoms with E-state index in [4.69, 9.17) is 0 Å². The molecule has 1 atom stereocenters. The summed E-state index contributed by atoms with van der Waals surface area (Å²) in [7, 11) is 0. The van der Waals surface area contributed by atoms with Crippen molar-refractivity contribution in [2.24, 2.45) is 0 Å². The van der Waals surface area contributed by atoms with Crippen molar-refractivity contribution >= 4 is 16.7 Å². The van der Waals surface area contributed by atoms with Gasteiger partial charge in [-0.2, -0.15) is 13.2 Å². The summed E-state index contributed by atoms with van der Waals surface area (Å²) >= 11 is 0. The predicted octanol–water partition coefficient (Wildman–Crippen LogP) is 3.59. The lowest BCUT2D eigenvalue weighted by Gasteiger charge is -2.42. The highest BCUT2D eigenvalue weighted by molar-refractivity contribution is 5.90. The van der Waals surface area contributed by atoms with E-state index in [-0.39, 0.29) is 11.6 Å². The molecule has 3 aromatic heterocycles. The second kappa shape index (κ2) is 6.41. The van der Waals surface area contributed by atoms with Crippen LogP contribution in [-0.4, -0.2) is 42.4 Å². The van der Waals surface area contributed by atoms with Crippen molar-refractivity contribution in [3.8, 4) is 11.4 Å². The van der Waals surface area contributed by atoms with E-state index in [1.54, 1.807) is 12.1 Å². The summed E-state index contributed by atoms with van der Waals surface area (Å²) in [4.78, 5) is 16.6. The number of hydrogen-bond acceptors (Lipinski definition) is 6. The highest BCUT2D eigenvalue weighted by Gasteiger charge is 2.60. The summed E-state index contributed by atoms with van der Waals surface area (Å²) in [5.74, 6) is 0.178. The maximum Gasteiger partial charge on any atom is 0.414 e. The zero-order chi connectivity index (χ0) is 19.9. The summed E-state index contributed by atoms with van der Waals surface area (Å²) in [5.41, 5.74) is -3.80. The van der Waals surface area contributed by atoms with Gasteiger partial charge in [-0.3, -0.25) is 9.97 Å². The van der Waals surface area contributed by atoms with Gasteiger partial charge in [-0.1, -0.05) is 0 Å². The Labute approximate surface area is 153 Å². The topological polar surface area (TPSA) is 83.8 Å². The first kappa shape index (κ1) is 19.0. The van der Waals surface area contributed by atoms with Gasteiger partial charge in [-0.25, -0.2) is 9.97 Å². The third kappa shape index (κ3) is 3.42. The lowest BCUT2D eigenvalue weighted by Crippen LogP contribution is -2.63. The van der Waals surface area contributed by atoms with Crippen LogP contribution in [0.1, 0.15) is 20.8 Å². The molecule has 0 aliphatic heterocycles. The molecule has 142 valence electrons. The molecule has 0 spiro atoms. The van der Waals surface area contributed by atoms with E-state index < -0.39 is 17.3 Å². The van der Waals surface area contributed by atoms with Crippen molar-refractivity contribution in [1.82, 2.24) is 19.9 Å². The molecule has 9 heteroatoms. The van der Waals surface area contributed by atoms with E-state index in [2.05, 4.69) is 25.3 Å². The third-order valence-electron chi connectivity index (χ3n) is 4.60. The number of rotatable bonds is 4. The standard InChI is InChI=1S/C18H18F3N5O/c1-16(2,27)17(3,18(19,20)21)26-15-12-6-9-23-10-13(12)24-14(25-15)11-4-7-22-8-5-11/h4-10,27H,1-3H3,(H,24,25,26). The lowest BCUT2D eigenvalue weighted by molar-refractivity contribution is -0.217. The van der Waals surface area contributed by atoms with E-state index in [1.807, 2.05) is 0 Å². The van der Waals surface area contributed by atoms with Gasteiger partial charge in [0.2, 0.25) is 0 Å². The highest BCUT2D eigenvalue weighted by atomic mass is 19.4. The van der Waals surface area contributed by atoms with Crippen molar-refractivity contribution < 1.29 is 18.3 Å². The fourth-order valence-electron chi connectivity index (χ4n) is 2.51.